The van der Waals surface area contributed by atoms with Gasteiger partial charge < -0.3 is 0 Å². The summed E-state index contributed by atoms with van der Waals surface area (Å²) in [6, 6.07) is 0. The van der Waals surface area contributed by atoms with Gasteiger partial charge >= 0.3 is 0 Å². The van der Waals surface area contributed by atoms with Gasteiger partial charge in [0.15, 0.2) is 5.82 Å². The third-order valence-electron chi connectivity index (χ3n) is 1.17. The smallest absolute Gasteiger partial charge is 0.152 e. The Morgan fingerprint density at radius 1 is 1.40 bits per heavy atom. The third kappa shape index (κ3) is 1.15. The van der Waals surface area contributed by atoms with Gasteiger partial charge in [0.2, 0.25) is 0 Å². The van der Waals surface area contributed by atoms with Crippen LogP contribution in [0.1, 0.15) is 26.6 Å². The lowest BCUT2D eigenvalue weighted by Gasteiger charge is -2.18. The molecule has 55 valence electrons. The molecule has 0 saturated heterocycles. The van der Waals surface area contributed by atoms with E-state index in [9.17, 15) is 0 Å². The molecule has 1 aromatic rings. The van der Waals surface area contributed by atoms with Crippen molar-refractivity contribution in [1.29, 1.82) is 0 Å². The van der Waals surface area contributed by atoms with E-state index in [1.807, 2.05) is 20.8 Å². The SMILES string of the molecule is [CH2]c1nnnn1C(C)(C)C. The average Bonchev–Trinajstić information content (AvgIpc) is 2.11. The Hall–Kier alpha value is -0.930. The second kappa shape index (κ2) is 2.04. The van der Waals surface area contributed by atoms with Crippen LogP contribution in [0.2, 0.25) is 0 Å². The van der Waals surface area contributed by atoms with E-state index in [4.69, 9.17) is 0 Å². The minimum Gasteiger partial charge on any atom is -0.224 e. The number of hydrogen-bond donors (Lipinski definition) is 0. The summed E-state index contributed by atoms with van der Waals surface area (Å²) < 4.78 is 1.69. The van der Waals surface area contributed by atoms with Gasteiger partial charge in [-0.1, -0.05) is 0 Å². The normalized spacial score (nSPS) is 12.0. The van der Waals surface area contributed by atoms with E-state index in [1.165, 1.54) is 0 Å². The Morgan fingerprint density at radius 3 is 2.20 bits per heavy atom. The molecule has 0 unspecified atom stereocenters. The van der Waals surface area contributed by atoms with Gasteiger partial charge in [-0.05, 0) is 31.2 Å². The van der Waals surface area contributed by atoms with E-state index in [-0.39, 0.29) is 5.54 Å². The van der Waals surface area contributed by atoms with E-state index in [0.29, 0.717) is 5.82 Å². The molecule has 0 spiro atoms. The monoisotopic (exact) mass is 139 g/mol. The van der Waals surface area contributed by atoms with Crippen LogP contribution in [-0.2, 0) is 5.54 Å². The van der Waals surface area contributed by atoms with Crippen LogP contribution in [0.5, 0.6) is 0 Å². The molecule has 0 aliphatic carbocycles. The molecule has 1 radical (unpaired) electrons. The first-order valence-electron chi connectivity index (χ1n) is 3.12. The fourth-order valence-electron chi connectivity index (χ4n) is 0.727. The van der Waals surface area contributed by atoms with Crippen molar-refractivity contribution in [1.82, 2.24) is 20.2 Å². The van der Waals surface area contributed by atoms with Crippen molar-refractivity contribution in [2.24, 2.45) is 0 Å². The van der Waals surface area contributed by atoms with Crippen LogP contribution in [0.25, 0.3) is 0 Å². The summed E-state index contributed by atoms with van der Waals surface area (Å²) in [6.07, 6.45) is 0. The van der Waals surface area contributed by atoms with E-state index in [0.717, 1.165) is 0 Å². The highest BCUT2D eigenvalue weighted by Crippen LogP contribution is 2.11. The van der Waals surface area contributed by atoms with Gasteiger partial charge in [0.1, 0.15) is 0 Å². The topological polar surface area (TPSA) is 43.6 Å². The summed E-state index contributed by atoms with van der Waals surface area (Å²) in [5, 5.41) is 10.9. The Morgan fingerprint density at radius 2 is 2.00 bits per heavy atom. The van der Waals surface area contributed by atoms with Gasteiger partial charge in [-0.25, -0.2) is 4.68 Å². The lowest BCUT2D eigenvalue weighted by molar-refractivity contribution is 0.342. The van der Waals surface area contributed by atoms with Gasteiger partial charge in [-0.2, -0.15) is 0 Å². The second-order valence-electron chi connectivity index (χ2n) is 3.18. The van der Waals surface area contributed by atoms with Gasteiger partial charge in [0.05, 0.1) is 5.54 Å². The fraction of sp³-hybridized carbons (Fsp3) is 0.667. The maximum Gasteiger partial charge on any atom is 0.152 e. The standard InChI is InChI=1S/C6H11N4/c1-5-7-8-9-10(5)6(2,3)4/h1H2,2-4H3. The quantitative estimate of drug-likeness (QED) is 0.529. The van der Waals surface area contributed by atoms with E-state index < -0.39 is 0 Å². The summed E-state index contributed by atoms with van der Waals surface area (Å²) in [4.78, 5) is 0. The summed E-state index contributed by atoms with van der Waals surface area (Å²) in [7, 11) is 0. The first-order chi connectivity index (χ1) is 4.52. The van der Waals surface area contributed by atoms with Crippen molar-refractivity contribution in [2.45, 2.75) is 26.3 Å². The Kier molecular flexibility index (Phi) is 1.46. The van der Waals surface area contributed by atoms with Crippen LogP contribution >= 0.6 is 0 Å². The van der Waals surface area contributed by atoms with Crippen LogP contribution in [0.4, 0.5) is 0 Å². The lowest BCUT2D eigenvalue weighted by Crippen LogP contribution is -2.24. The Labute approximate surface area is 60.2 Å². The van der Waals surface area contributed by atoms with Crippen LogP contribution in [-0.4, -0.2) is 20.2 Å². The summed E-state index contributed by atoms with van der Waals surface area (Å²) in [5.74, 6) is 0.604. The number of aromatic nitrogens is 4. The molecule has 4 heteroatoms. The minimum atomic E-state index is -0.0689. The number of tetrazole rings is 1. The zero-order valence-electron chi connectivity index (χ0n) is 6.50. The maximum absolute atomic E-state index is 3.78. The van der Waals surface area contributed by atoms with Crippen molar-refractivity contribution in [3.63, 3.8) is 0 Å². The third-order valence-corrected chi connectivity index (χ3v) is 1.17. The maximum atomic E-state index is 3.78. The van der Waals surface area contributed by atoms with Crippen LogP contribution in [0.15, 0.2) is 0 Å². The molecule has 1 rings (SSSR count). The number of hydrogen-bond acceptors (Lipinski definition) is 3. The molecular weight excluding hydrogens is 128 g/mol. The van der Waals surface area contributed by atoms with Crippen molar-refractivity contribution in [3.05, 3.63) is 12.7 Å². The van der Waals surface area contributed by atoms with Gasteiger partial charge in [-0.3, -0.25) is 0 Å². The molecule has 0 atom stereocenters. The van der Waals surface area contributed by atoms with Gasteiger partial charge in [0, 0.05) is 6.92 Å². The highest BCUT2D eigenvalue weighted by atomic mass is 15.6. The predicted octanol–water partition coefficient (Wildman–Crippen LogP) is 0.610. The second-order valence-corrected chi connectivity index (χ2v) is 3.18. The molecule has 0 fully saturated rings. The molecule has 0 amide bonds. The van der Waals surface area contributed by atoms with Crippen molar-refractivity contribution >= 4 is 0 Å². The first-order valence-corrected chi connectivity index (χ1v) is 3.12. The van der Waals surface area contributed by atoms with Gasteiger partial charge in [0.25, 0.3) is 0 Å². The summed E-state index contributed by atoms with van der Waals surface area (Å²) in [5.41, 5.74) is -0.0689. The Bertz CT molecular complexity index is 220. The molecule has 10 heavy (non-hydrogen) atoms. The molecule has 0 saturated carbocycles. The zero-order valence-corrected chi connectivity index (χ0v) is 6.50. The van der Waals surface area contributed by atoms with Crippen LogP contribution in [0.3, 0.4) is 0 Å². The predicted molar refractivity (Wildman–Crippen MR) is 37.3 cm³/mol. The summed E-state index contributed by atoms with van der Waals surface area (Å²) >= 11 is 0. The van der Waals surface area contributed by atoms with Crippen LogP contribution < -0.4 is 0 Å². The van der Waals surface area contributed by atoms with Gasteiger partial charge in [-0.15, -0.1) is 5.10 Å². The number of rotatable bonds is 0. The average molecular weight is 139 g/mol. The molecule has 0 N–H and O–H groups in total. The van der Waals surface area contributed by atoms with Crippen molar-refractivity contribution in [2.75, 3.05) is 0 Å². The minimum absolute atomic E-state index is 0.0689. The van der Waals surface area contributed by atoms with Crippen molar-refractivity contribution in [3.8, 4) is 0 Å². The number of nitrogens with zero attached hydrogens (tertiary/aromatic N) is 4. The summed E-state index contributed by atoms with van der Waals surface area (Å²) in [6.45, 7) is 9.75. The highest BCUT2D eigenvalue weighted by Gasteiger charge is 2.16. The van der Waals surface area contributed by atoms with E-state index >= 15 is 0 Å². The lowest BCUT2D eigenvalue weighted by atomic mass is 10.1. The molecule has 4 nitrogen and oxygen atoms in total. The molecular formula is C6H11N4. The van der Waals surface area contributed by atoms with E-state index in [1.54, 1.807) is 4.68 Å². The molecule has 0 bridgehead atoms. The largest absolute Gasteiger partial charge is 0.224 e. The molecule has 0 aliphatic heterocycles. The highest BCUT2D eigenvalue weighted by molar-refractivity contribution is 4.89. The molecule has 0 aromatic carbocycles. The van der Waals surface area contributed by atoms with Crippen molar-refractivity contribution < 1.29 is 0 Å². The molecule has 1 heterocycles. The molecule has 1 aromatic heterocycles. The van der Waals surface area contributed by atoms with Crippen LogP contribution in [0, 0.1) is 6.92 Å². The molecule has 0 aliphatic rings. The first kappa shape index (κ1) is 7.18. The zero-order chi connectivity index (χ0) is 7.78. The fourth-order valence-corrected chi connectivity index (χ4v) is 0.727. The van der Waals surface area contributed by atoms with E-state index in [2.05, 4.69) is 22.4 Å². The Balaban J connectivity index is 3.05.